The number of nitrogens with one attached hydrogen (secondary N) is 2. The molecule has 7 nitrogen and oxygen atoms in total. The fourth-order valence-electron chi connectivity index (χ4n) is 7.32. The van der Waals surface area contributed by atoms with E-state index in [1.807, 2.05) is 0 Å². The lowest BCUT2D eigenvalue weighted by Gasteiger charge is -2.39. The van der Waals surface area contributed by atoms with Crippen molar-refractivity contribution in [1.29, 1.82) is 0 Å². The van der Waals surface area contributed by atoms with Gasteiger partial charge in [-0.15, -0.1) is 0 Å². The fourth-order valence-corrected chi connectivity index (χ4v) is 7.32. The molecule has 0 bridgehead atoms. The smallest absolute Gasteiger partial charge is 0.237 e. The van der Waals surface area contributed by atoms with Gasteiger partial charge in [-0.05, 0) is 50.9 Å². The summed E-state index contributed by atoms with van der Waals surface area (Å²) in [5, 5.41) is 16.0. The molecule has 5 rings (SSSR count). The molecular weight excluding hydrogens is 442 g/mol. The zero-order chi connectivity index (χ0) is 23.8. The number of halogens is 2. The Kier molecular flexibility index (Phi) is 7.75. The van der Waals surface area contributed by atoms with Crippen molar-refractivity contribution in [3.05, 3.63) is 0 Å². The monoisotopic (exact) mass is 484 g/mol. The number of aliphatic hydroxyl groups excluding tert-OH is 1. The molecule has 0 aromatic heterocycles. The van der Waals surface area contributed by atoms with Crippen molar-refractivity contribution >= 4 is 5.91 Å². The first-order chi connectivity index (χ1) is 16.4. The lowest BCUT2D eigenvalue weighted by molar-refractivity contribution is -0.124. The van der Waals surface area contributed by atoms with Gasteiger partial charge in [0.2, 0.25) is 5.91 Å². The lowest BCUT2D eigenvalue weighted by atomic mass is 9.77. The summed E-state index contributed by atoms with van der Waals surface area (Å²) in [6, 6.07) is 0.0603. The Labute approximate surface area is 201 Å². The first-order valence-corrected chi connectivity index (χ1v) is 13.5. The maximum atomic E-state index is 14.8. The maximum Gasteiger partial charge on any atom is 0.237 e. The van der Waals surface area contributed by atoms with E-state index in [-0.39, 0.29) is 48.7 Å². The van der Waals surface area contributed by atoms with Crippen molar-refractivity contribution in [2.24, 2.45) is 11.8 Å². The topological polar surface area (TPSA) is 77.1 Å². The summed E-state index contributed by atoms with van der Waals surface area (Å²) < 4.78 is 34.8. The van der Waals surface area contributed by atoms with Crippen LogP contribution in [0.5, 0.6) is 0 Å². The summed E-state index contributed by atoms with van der Waals surface area (Å²) in [7, 11) is 0. The molecule has 0 spiro atoms. The standard InChI is InChI=1S/C25H42F2N4O3/c1-15-2-3-22(27)21-11-23(29-24(15)21)25(33)28-17-8-16(26)9-19(10-17)30-5-4-18(12-30)31-6-7-34-20(13-31)14-32/h15-24,29,32H,2-14H2,1H3,(H,28,33)/t15?,16?,17?,18-,19?,20+,21?,22?,23?,24?/m1/s1. The molecule has 0 aromatic rings. The SMILES string of the molecule is CC1CCC(F)C2CC(C(=O)NC3CC(F)CC(N4CC[C@@H](N5CCO[C@H](CO)C5)C4)C3)NC12. The number of aliphatic hydroxyl groups is 1. The van der Waals surface area contributed by atoms with Crippen LogP contribution >= 0.6 is 0 Å². The molecule has 9 heteroatoms. The van der Waals surface area contributed by atoms with Gasteiger partial charge in [0.1, 0.15) is 12.3 Å². The van der Waals surface area contributed by atoms with Crippen molar-refractivity contribution in [3.63, 3.8) is 0 Å². The Hall–Kier alpha value is -0.870. The summed E-state index contributed by atoms with van der Waals surface area (Å²) in [6.45, 7) is 6.29. The highest BCUT2D eigenvalue weighted by Gasteiger charge is 2.47. The average Bonchev–Trinajstić information content (AvgIpc) is 3.50. The highest BCUT2D eigenvalue weighted by Crippen LogP contribution is 2.39. The second-order valence-electron chi connectivity index (χ2n) is 11.5. The first kappa shape index (κ1) is 24.8. The average molecular weight is 485 g/mol. The van der Waals surface area contributed by atoms with Gasteiger partial charge in [0, 0.05) is 56.3 Å². The largest absolute Gasteiger partial charge is 0.394 e. The number of hydrogen-bond acceptors (Lipinski definition) is 6. The van der Waals surface area contributed by atoms with Crippen LogP contribution in [0.2, 0.25) is 0 Å². The Bertz CT molecular complexity index is 700. The number of likely N-dealkylation sites (tertiary alicyclic amines) is 1. The van der Waals surface area contributed by atoms with E-state index < -0.39 is 12.3 Å². The minimum atomic E-state index is -0.917. The summed E-state index contributed by atoms with van der Waals surface area (Å²) >= 11 is 0. The number of ether oxygens (including phenoxy) is 1. The zero-order valence-corrected chi connectivity index (χ0v) is 20.4. The molecule has 34 heavy (non-hydrogen) atoms. The molecule has 3 saturated heterocycles. The van der Waals surface area contributed by atoms with Gasteiger partial charge in [0.05, 0.1) is 25.4 Å². The molecule has 3 heterocycles. The van der Waals surface area contributed by atoms with Crippen molar-refractivity contribution in [2.75, 3.05) is 39.4 Å². The first-order valence-electron chi connectivity index (χ1n) is 13.5. The van der Waals surface area contributed by atoms with E-state index in [9.17, 15) is 18.7 Å². The molecule has 194 valence electrons. The number of hydrogen-bond donors (Lipinski definition) is 3. The van der Waals surface area contributed by atoms with Crippen LogP contribution in [0, 0.1) is 11.8 Å². The van der Waals surface area contributed by atoms with Crippen LogP contribution in [0.3, 0.4) is 0 Å². The van der Waals surface area contributed by atoms with Crippen LogP contribution in [0.1, 0.15) is 51.9 Å². The second kappa shape index (κ2) is 10.6. The number of alkyl halides is 2. The molecule has 8 unspecified atom stereocenters. The van der Waals surface area contributed by atoms with E-state index in [0.29, 0.717) is 44.2 Å². The highest BCUT2D eigenvalue weighted by atomic mass is 19.1. The number of nitrogens with zero attached hydrogens (tertiary/aromatic N) is 2. The number of carbonyl (C=O) groups excluding carboxylic acids is 1. The quantitative estimate of drug-likeness (QED) is 0.545. The van der Waals surface area contributed by atoms with Gasteiger partial charge < -0.3 is 20.5 Å². The number of morpholine rings is 1. The van der Waals surface area contributed by atoms with Gasteiger partial charge in [0.15, 0.2) is 0 Å². The van der Waals surface area contributed by atoms with Gasteiger partial charge in [-0.1, -0.05) is 6.92 Å². The van der Waals surface area contributed by atoms with Gasteiger partial charge in [-0.25, -0.2) is 8.78 Å². The summed E-state index contributed by atoms with van der Waals surface area (Å²) in [4.78, 5) is 17.9. The van der Waals surface area contributed by atoms with Crippen LogP contribution in [-0.2, 0) is 9.53 Å². The van der Waals surface area contributed by atoms with Crippen molar-refractivity contribution < 1.29 is 23.4 Å². The Morgan fingerprint density at radius 3 is 2.68 bits per heavy atom. The molecule has 0 radical (unpaired) electrons. The maximum absolute atomic E-state index is 14.8. The molecular formula is C25H42F2N4O3. The summed E-state index contributed by atoms with van der Waals surface area (Å²) in [5.41, 5.74) is 0. The number of amides is 1. The Morgan fingerprint density at radius 1 is 1.06 bits per heavy atom. The Morgan fingerprint density at radius 2 is 1.88 bits per heavy atom. The van der Waals surface area contributed by atoms with Crippen LogP contribution in [0.25, 0.3) is 0 Å². The van der Waals surface area contributed by atoms with Gasteiger partial charge in [-0.2, -0.15) is 0 Å². The minimum Gasteiger partial charge on any atom is -0.394 e. The molecule has 5 aliphatic rings. The van der Waals surface area contributed by atoms with Crippen LogP contribution < -0.4 is 10.6 Å². The molecule has 5 fully saturated rings. The van der Waals surface area contributed by atoms with Crippen molar-refractivity contribution in [1.82, 2.24) is 20.4 Å². The molecule has 0 aromatic carbocycles. The lowest BCUT2D eigenvalue weighted by Crippen LogP contribution is -2.53. The van der Waals surface area contributed by atoms with E-state index in [2.05, 4.69) is 27.4 Å². The summed E-state index contributed by atoms with van der Waals surface area (Å²) in [5.74, 6) is 0.209. The minimum absolute atomic E-state index is 0.0444. The molecule has 2 saturated carbocycles. The van der Waals surface area contributed by atoms with Crippen LogP contribution in [0.4, 0.5) is 8.78 Å². The van der Waals surface area contributed by atoms with E-state index >= 15 is 0 Å². The predicted octanol–water partition coefficient (Wildman–Crippen LogP) is 1.24. The predicted molar refractivity (Wildman–Crippen MR) is 125 cm³/mol. The highest BCUT2D eigenvalue weighted by molar-refractivity contribution is 5.82. The van der Waals surface area contributed by atoms with Crippen molar-refractivity contribution in [3.8, 4) is 0 Å². The fraction of sp³-hybridized carbons (Fsp3) is 0.960. The van der Waals surface area contributed by atoms with Gasteiger partial charge in [0.25, 0.3) is 0 Å². The third kappa shape index (κ3) is 5.28. The molecule has 1 amide bonds. The molecule has 3 N–H and O–H groups in total. The number of carbonyl (C=O) groups is 1. The second-order valence-corrected chi connectivity index (χ2v) is 11.5. The molecule has 10 atom stereocenters. The van der Waals surface area contributed by atoms with Crippen LogP contribution in [-0.4, -0.2) is 109 Å². The normalized spacial score (nSPS) is 46.4. The Balaban J connectivity index is 1.14. The van der Waals surface area contributed by atoms with E-state index in [4.69, 9.17) is 4.74 Å². The molecule has 3 aliphatic heterocycles. The van der Waals surface area contributed by atoms with E-state index in [0.717, 1.165) is 45.4 Å². The number of rotatable bonds is 5. The van der Waals surface area contributed by atoms with Gasteiger partial charge >= 0.3 is 0 Å². The third-order valence-corrected chi connectivity index (χ3v) is 9.23. The molecule has 2 aliphatic carbocycles. The van der Waals surface area contributed by atoms with Gasteiger partial charge in [-0.3, -0.25) is 14.6 Å². The van der Waals surface area contributed by atoms with Crippen LogP contribution in [0.15, 0.2) is 0 Å². The zero-order valence-electron chi connectivity index (χ0n) is 20.4. The van der Waals surface area contributed by atoms with E-state index in [1.54, 1.807) is 0 Å². The summed E-state index contributed by atoms with van der Waals surface area (Å²) in [6.07, 6.45) is 2.83. The third-order valence-electron chi connectivity index (χ3n) is 9.23. The van der Waals surface area contributed by atoms with E-state index in [1.165, 1.54) is 0 Å². The van der Waals surface area contributed by atoms with Crippen molar-refractivity contribution in [2.45, 2.75) is 101 Å². The number of fused-ring (bicyclic) bond motifs is 1.